The summed E-state index contributed by atoms with van der Waals surface area (Å²) in [5, 5.41) is 0. The Bertz CT molecular complexity index is 508. The van der Waals surface area contributed by atoms with Crippen molar-refractivity contribution < 1.29 is 23.1 Å². The highest BCUT2D eigenvalue weighted by Gasteiger charge is 2.82. The maximum atomic E-state index is 13.9. The molecule has 1 saturated carbocycles. The summed E-state index contributed by atoms with van der Waals surface area (Å²) in [6.45, 7) is 5.53. The van der Waals surface area contributed by atoms with Gasteiger partial charge in [0.15, 0.2) is 0 Å². The number of nitrogens with zero attached hydrogens (tertiary/aromatic N) is 1. The van der Waals surface area contributed by atoms with Crippen molar-refractivity contribution in [2.45, 2.75) is 45.1 Å². The van der Waals surface area contributed by atoms with Gasteiger partial charge in [0.25, 0.3) is 5.92 Å². The van der Waals surface area contributed by atoms with Gasteiger partial charge in [-0.05, 0) is 39.5 Å². The van der Waals surface area contributed by atoms with Crippen LogP contribution < -0.4 is 0 Å². The van der Waals surface area contributed by atoms with E-state index in [-0.39, 0.29) is 25.9 Å². The second kappa shape index (κ2) is 4.69. The second-order valence-electron chi connectivity index (χ2n) is 6.69. The fraction of sp³-hybridized carbons (Fsp3) is 0.733. The molecule has 1 spiro atoms. The molecule has 0 radical (unpaired) electrons. The molecule has 2 fully saturated rings. The molecular formula is C15H19F2NO3. The molecule has 0 aromatic carbocycles. The summed E-state index contributed by atoms with van der Waals surface area (Å²) in [6, 6.07) is 0. The Labute approximate surface area is 122 Å². The van der Waals surface area contributed by atoms with Crippen molar-refractivity contribution in [2.24, 2.45) is 11.3 Å². The normalized spacial score (nSPS) is 26.1. The summed E-state index contributed by atoms with van der Waals surface area (Å²) in [5.74, 6) is -3.50. The lowest BCUT2D eigenvalue weighted by molar-refractivity contribution is -0.117. The molecule has 6 heteroatoms. The van der Waals surface area contributed by atoms with Gasteiger partial charge >= 0.3 is 6.09 Å². The van der Waals surface area contributed by atoms with E-state index in [1.165, 1.54) is 4.90 Å². The molecule has 1 aliphatic carbocycles. The van der Waals surface area contributed by atoms with E-state index in [0.717, 1.165) is 0 Å². The van der Waals surface area contributed by atoms with Crippen molar-refractivity contribution in [2.75, 3.05) is 13.1 Å². The molecule has 0 aromatic rings. The van der Waals surface area contributed by atoms with Crippen molar-refractivity contribution in [3.63, 3.8) is 0 Å². The monoisotopic (exact) mass is 299 g/mol. The van der Waals surface area contributed by atoms with Crippen molar-refractivity contribution in [1.29, 1.82) is 0 Å². The number of Topliss-reactive ketones (excluding diaryl/α,β-unsaturated/α-hetero) is 1. The molecular weight excluding hydrogens is 280 g/mol. The van der Waals surface area contributed by atoms with E-state index in [1.54, 1.807) is 26.7 Å². The van der Waals surface area contributed by atoms with Gasteiger partial charge in [-0.2, -0.15) is 0 Å². The van der Waals surface area contributed by atoms with Gasteiger partial charge in [-0.25, -0.2) is 13.6 Å². The van der Waals surface area contributed by atoms with E-state index >= 15 is 0 Å². The summed E-state index contributed by atoms with van der Waals surface area (Å²) in [5.41, 5.74) is -1.99. The third-order valence-corrected chi connectivity index (χ3v) is 4.21. The molecule has 2 aliphatic rings. The van der Waals surface area contributed by atoms with Crippen LogP contribution in [0, 0.1) is 23.7 Å². The van der Waals surface area contributed by atoms with Crippen LogP contribution in [0.1, 0.15) is 33.6 Å². The molecule has 0 bridgehead atoms. The van der Waals surface area contributed by atoms with Gasteiger partial charge in [0.2, 0.25) is 5.78 Å². The second-order valence-corrected chi connectivity index (χ2v) is 6.69. The first-order chi connectivity index (χ1) is 9.55. The zero-order valence-corrected chi connectivity index (χ0v) is 12.4. The molecule has 1 atom stereocenters. The predicted octanol–water partition coefficient (Wildman–Crippen LogP) is 2.47. The third kappa shape index (κ3) is 2.50. The van der Waals surface area contributed by atoms with E-state index in [4.69, 9.17) is 11.2 Å². The summed E-state index contributed by atoms with van der Waals surface area (Å²) in [4.78, 5) is 24.7. The predicted molar refractivity (Wildman–Crippen MR) is 71.8 cm³/mol. The molecule has 1 heterocycles. The summed E-state index contributed by atoms with van der Waals surface area (Å²) in [6.07, 6.45) is 4.57. The third-order valence-electron chi connectivity index (χ3n) is 4.21. The number of terminal acetylenes is 1. The molecule has 2 rings (SSSR count). The van der Waals surface area contributed by atoms with Gasteiger partial charge < -0.3 is 9.64 Å². The fourth-order valence-corrected chi connectivity index (χ4v) is 3.04. The van der Waals surface area contributed by atoms with E-state index in [1.807, 2.05) is 0 Å². The van der Waals surface area contributed by atoms with Crippen LogP contribution in [0.15, 0.2) is 0 Å². The number of hydrogen-bond donors (Lipinski definition) is 0. The number of halogens is 2. The highest BCUT2D eigenvalue weighted by molar-refractivity contribution is 6.00. The molecule has 1 saturated heterocycles. The van der Waals surface area contributed by atoms with Crippen LogP contribution in [0.2, 0.25) is 0 Å². The number of likely N-dealkylation sites (tertiary alicyclic amines) is 1. The Hall–Kier alpha value is -1.64. The van der Waals surface area contributed by atoms with E-state index in [0.29, 0.717) is 0 Å². The molecule has 0 N–H and O–H groups in total. The molecule has 1 aliphatic heterocycles. The standard InChI is InChI=1S/C15H19F2NO3/c1-5-10(19)11-14(15(11,16)17)6-8-18(9-7-14)12(20)21-13(2,3)4/h1,11H,6-9H2,2-4H3. The largest absolute Gasteiger partial charge is 0.444 e. The fourth-order valence-electron chi connectivity index (χ4n) is 3.04. The van der Waals surface area contributed by atoms with Crippen molar-refractivity contribution in [1.82, 2.24) is 4.90 Å². The Kier molecular flexibility index (Phi) is 3.51. The Morgan fingerprint density at radius 1 is 1.29 bits per heavy atom. The number of carbonyl (C=O) groups excluding carboxylic acids is 2. The Balaban J connectivity index is 2.00. The molecule has 0 aromatic heterocycles. The number of piperidine rings is 1. The first-order valence-electron chi connectivity index (χ1n) is 6.91. The smallest absolute Gasteiger partial charge is 0.410 e. The Morgan fingerprint density at radius 2 is 1.81 bits per heavy atom. The van der Waals surface area contributed by atoms with Gasteiger partial charge in [-0.3, -0.25) is 4.79 Å². The van der Waals surface area contributed by atoms with Crippen LogP contribution in [-0.2, 0) is 9.53 Å². The lowest BCUT2D eigenvalue weighted by atomic mass is 9.89. The topological polar surface area (TPSA) is 46.6 Å². The van der Waals surface area contributed by atoms with Gasteiger partial charge in [-0.1, -0.05) is 0 Å². The van der Waals surface area contributed by atoms with Crippen LogP contribution in [0.4, 0.5) is 13.6 Å². The highest BCUT2D eigenvalue weighted by Crippen LogP contribution is 2.70. The average molecular weight is 299 g/mol. The SMILES string of the molecule is C#CC(=O)C1C(F)(F)C12CCN(C(=O)OC(C)(C)C)CC2. The number of ether oxygens (including phenoxy) is 1. The number of hydrogen-bond acceptors (Lipinski definition) is 3. The summed E-state index contributed by atoms with van der Waals surface area (Å²) in [7, 11) is 0. The maximum absolute atomic E-state index is 13.9. The van der Waals surface area contributed by atoms with Crippen LogP contribution in [0.5, 0.6) is 0 Å². The molecule has 116 valence electrons. The number of ketones is 1. The molecule has 1 amide bonds. The molecule has 4 nitrogen and oxygen atoms in total. The summed E-state index contributed by atoms with van der Waals surface area (Å²) < 4.78 is 33.1. The molecule has 1 unspecified atom stereocenters. The van der Waals surface area contributed by atoms with Crippen LogP contribution in [0.25, 0.3) is 0 Å². The number of carbonyl (C=O) groups is 2. The van der Waals surface area contributed by atoms with Gasteiger partial charge in [0.1, 0.15) is 11.5 Å². The zero-order valence-electron chi connectivity index (χ0n) is 12.4. The van der Waals surface area contributed by atoms with Gasteiger partial charge in [0.05, 0.1) is 5.41 Å². The van der Waals surface area contributed by atoms with E-state index < -0.39 is 34.7 Å². The van der Waals surface area contributed by atoms with Gasteiger partial charge in [0, 0.05) is 13.1 Å². The maximum Gasteiger partial charge on any atom is 0.410 e. The van der Waals surface area contributed by atoms with Crippen LogP contribution in [0.3, 0.4) is 0 Å². The lowest BCUT2D eigenvalue weighted by Crippen LogP contribution is -2.43. The lowest BCUT2D eigenvalue weighted by Gasteiger charge is -2.33. The minimum absolute atomic E-state index is 0.0668. The molecule has 21 heavy (non-hydrogen) atoms. The minimum Gasteiger partial charge on any atom is -0.444 e. The van der Waals surface area contributed by atoms with E-state index in [2.05, 4.69) is 0 Å². The van der Waals surface area contributed by atoms with Crippen molar-refractivity contribution >= 4 is 11.9 Å². The van der Waals surface area contributed by atoms with E-state index in [9.17, 15) is 18.4 Å². The first-order valence-corrected chi connectivity index (χ1v) is 6.91. The van der Waals surface area contributed by atoms with Crippen LogP contribution in [-0.4, -0.2) is 41.4 Å². The van der Waals surface area contributed by atoms with Gasteiger partial charge in [-0.15, -0.1) is 6.42 Å². The minimum atomic E-state index is -3.06. The number of alkyl halides is 2. The Morgan fingerprint density at radius 3 is 2.24 bits per heavy atom. The number of rotatable bonds is 1. The first kappa shape index (κ1) is 15.7. The average Bonchev–Trinajstić information content (AvgIpc) is 2.82. The van der Waals surface area contributed by atoms with Crippen molar-refractivity contribution in [3.8, 4) is 12.3 Å². The summed E-state index contributed by atoms with van der Waals surface area (Å²) >= 11 is 0. The van der Waals surface area contributed by atoms with Crippen LogP contribution >= 0.6 is 0 Å². The highest BCUT2D eigenvalue weighted by atomic mass is 19.3. The number of amides is 1. The quantitative estimate of drug-likeness (QED) is 0.552. The van der Waals surface area contributed by atoms with Crippen molar-refractivity contribution in [3.05, 3.63) is 0 Å². The zero-order chi connectivity index (χ0) is 16.1.